The standard InChI is InChI=1S/C13H14N2O2/c1-10(8-12-5-3-7-17-12)15-13(16)11-4-2-6-14-9-11/h2-7,9-10H,8H2,1H3,(H,15,16)/t10-/m0/s1. The third-order valence-corrected chi connectivity index (χ3v) is 2.39. The SMILES string of the molecule is C[C@@H](Cc1ccco1)NC(=O)c1cccnc1. The molecule has 2 heterocycles. The minimum atomic E-state index is -0.114. The van der Waals surface area contributed by atoms with Gasteiger partial charge in [0.05, 0.1) is 11.8 Å². The lowest BCUT2D eigenvalue weighted by atomic mass is 10.2. The summed E-state index contributed by atoms with van der Waals surface area (Å²) in [5.74, 6) is 0.751. The first-order valence-corrected chi connectivity index (χ1v) is 5.49. The molecule has 2 rings (SSSR count). The number of hydrogen-bond donors (Lipinski definition) is 1. The molecule has 1 atom stereocenters. The van der Waals surface area contributed by atoms with Crippen LogP contribution in [0.5, 0.6) is 0 Å². The second kappa shape index (κ2) is 5.30. The van der Waals surface area contributed by atoms with Crippen molar-refractivity contribution in [2.75, 3.05) is 0 Å². The van der Waals surface area contributed by atoms with Crippen molar-refractivity contribution in [3.63, 3.8) is 0 Å². The molecule has 0 radical (unpaired) electrons. The molecule has 2 aromatic heterocycles. The molecule has 0 aliphatic carbocycles. The molecule has 2 aromatic rings. The first kappa shape index (κ1) is 11.4. The minimum Gasteiger partial charge on any atom is -0.469 e. The molecule has 0 spiro atoms. The van der Waals surface area contributed by atoms with E-state index in [1.165, 1.54) is 0 Å². The summed E-state index contributed by atoms with van der Waals surface area (Å²) in [6.45, 7) is 1.94. The highest BCUT2D eigenvalue weighted by molar-refractivity contribution is 5.93. The summed E-state index contributed by atoms with van der Waals surface area (Å²) in [5.41, 5.74) is 0.568. The fourth-order valence-corrected chi connectivity index (χ4v) is 1.59. The Morgan fingerprint density at radius 3 is 3.00 bits per heavy atom. The Labute approximate surface area is 99.7 Å². The van der Waals surface area contributed by atoms with Crippen molar-refractivity contribution in [2.45, 2.75) is 19.4 Å². The number of furan rings is 1. The molecule has 4 nitrogen and oxygen atoms in total. The molecule has 0 fully saturated rings. The molecule has 4 heteroatoms. The number of amides is 1. The van der Waals surface area contributed by atoms with Crippen LogP contribution in [0.4, 0.5) is 0 Å². The molecule has 88 valence electrons. The van der Waals surface area contributed by atoms with Gasteiger partial charge in [-0.25, -0.2) is 0 Å². The normalized spacial score (nSPS) is 12.1. The van der Waals surface area contributed by atoms with E-state index in [0.29, 0.717) is 12.0 Å². The first-order valence-electron chi connectivity index (χ1n) is 5.49. The Balaban J connectivity index is 1.91. The van der Waals surface area contributed by atoms with Gasteiger partial charge in [-0.15, -0.1) is 0 Å². The van der Waals surface area contributed by atoms with E-state index >= 15 is 0 Å². The number of nitrogens with zero attached hydrogens (tertiary/aromatic N) is 1. The van der Waals surface area contributed by atoms with Gasteiger partial charge in [0, 0.05) is 24.9 Å². The lowest BCUT2D eigenvalue weighted by Crippen LogP contribution is -2.34. The summed E-state index contributed by atoms with van der Waals surface area (Å²) >= 11 is 0. The summed E-state index contributed by atoms with van der Waals surface area (Å²) in [7, 11) is 0. The van der Waals surface area contributed by atoms with Crippen molar-refractivity contribution in [1.82, 2.24) is 10.3 Å². The maximum atomic E-state index is 11.8. The van der Waals surface area contributed by atoms with Crippen molar-refractivity contribution < 1.29 is 9.21 Å². The summed E-state index contributed by atoms with van der Waals surface area (Å²) in [6.07, 6.45) is 5.50. The fraction of sp³-hybridized carbons (Fsp3) is 0.231. The van der Waals surface area contributed by atoms with Crippen molar-refractivity contribution in [3.8, 4) is 0 Å². The summed E-state index contributed by atoms with van der Waals surface area (Å²) in [5, 5.41) is 2.90. The zero-order chi connectivity index (χ0) is 12.1. The van der Waals surface area contributed by atoms with Gasteiger partial charge < -0.3 is 9.73 Å². The predicted molar refractivity (Wildman–Crippen MR) is 63.6 cm³/mol. The second-order valence-electron chi connectivity index (χ2n) is 3.90. The van der Waals surface area contributed by atoms with Crippen LogP contribution in [-0.2, 0) is 6.42 Å². The highest BCUT2D eigenvalue weighted by Gasteiger charge is 2.11. The van der Waals surface area contributed by atoms with Crippen molar-refractivity contribution >= 4 is 5.91 Å². The number of pyridine rings is 1. The first-order chi connectivity index (χ1) is 8.25. The van der Waals surface area contributed by atoms with Crippen LogP contribution in [0.15, 0.2) is 47.3 Å². The Hall–Kier alpha value is -2.10. The predicted octanol–water partition coefficient (Wildman–Crippen LogP) is 2.04. The van der Waals surface area contributed by atoms with E-state index in [9.17, 15) is 4.79 Å². The van der Waals surface area contributed by atoms with E-state index in [-0.39, 0.29) is 11.9 Å². The van der Waals surface area contributed by atoms with Gasteiger partial charge in [0.1, 0.15) is 5.76 Å². The Morgan fingerprint density at radius 1 is 1.47 bits per heavy atom. The van der Waals surface area contributed by atoms with Crippen LogP contribution in [0.1, 0.15) is 23.0 Å². The molecule has 0 saturated heterocycles. The van der Waals surface area contributed by atoms with Crippen LogP contribution < -0.4 is 5.32 Å². The molecular formula is C13H14N2O2. The van der Waals surface area contributed by atoms with E-state index in [4.69, 9.17) is 4.42 Å². The van der Waals surface area contributed by atoms with E-state index in [2.05, 4.69) is 10.3 Å². The van der Waals surface area contributed by atoms with Gasteiger partial charge in [-0.3, -0.25) is 9.78 Å². The number of rotatable bonds is 4. The highest BCUT2D eigenvalue weighted by Crippen LogP contribution is 2.04. The van der Waals surface area contributed by atoms with Crippen molar-refractivity contribution in [1.29, 1.82) is 0 Å². The number of nitrogens with one attached hydrogen (secondary N) is 1. The Morgan fingerprint density at radius 2 is 2.35 bits per heavy atom. The average molecular weight is 230 g/mol. The third kappa shape index (κ3) is 3.17. The van der Waals surface area contributed by atoms with E-state index in [0.717, 1.165) is 5.76 Å². The minimum absolute atomic E-state index is 0.0221. The molecule has 0 unspecified atom stereocenters. The lowest BCUT2D eigenvalue weighted by molar-refractivity contribution is 0.0939. The Kier molecular flexibility index (Phi) is 3.55. The molecule has 17 heavy (non-hydrogen) atoms. The summed E-state index contributed by atoms with van der Waals surface area (Å²) in [4.78, 5) is 15.7. The van der Waals surface area contributed by atoms with Crippen LogP contribution >= 0.6 is 0 Å². The molecule has 1 amide bonds. The van der Waals surface area contributed by atoms with E-state index in [1.54, 1.807) is 30.8 Å². The molecule has 0 aliphatic rings. The molecular weight excluding hydrogens is 216 g/mol. The highest BCUT2D eigenvalue weighted by atomic mass is 16.3. The van der Waals surface area contributed by atoms with Crippen LogP contribution in [0.25, 0.3) is 0 Å². The van der Waals surface area contributed by atoms with Crippen molar-refractivity contribution in [3.05, 3.63) is 54.2 Å². The maximum Gasteiger partial charge on any atom is 0.253 e. The summed E-state index contributed by atoms with van der Waals surface area (Å²) in [6, 6.07) is 7.24. The van der Waals surface area contributed by atoms with Crippen LogP contribution in [-0.4, -0.2) is 16.9 Å². The summed E-state index contributed by atoms with van der Waals surface area (Å²) < 4.78 is 5.23. The second-order valence-corrected chi connectivity index (χ2v) is 3.90. The number of carbonyl (C=O) groups excluding carboxylic acids is 1. The average Bonchev–Trinajstić information content (AvgIpc) is 2.82. The van der Waals surface area contributed by atoms with Gasteiger partial charge in [0.25, 0.3) is 5.91 Å². The van der Waals surface area contributed by atoms with Crippen LogP contribution in [0.3, 0.4) is 0 Å². The van der Waals surface area contributed by atoms with Gasteiger partial charge in [-0.1, -0.05) is 0 Å². The van der Waals surface area contributed by atoms with Crippen molar-refractivity contribution in [2.24, 2.45) is 0 Å². The molecule has 0 saturated carbocycles. The zero-order valence-electron chi connectivity index (χ0n) is 9.59. The molecule has 1 N–H and O–H groups in total. The largest absolute Gasteiger partial charge is 0.469 e. The smallest absolute Gasteiger partial charge is 0.253 e. The quantitative estimate of drug-likeness (QED) is 0.874. The molecule has 0 aliphatic heterocycles. The number of carbonyl (C=O) groups is 1. The van der Waals surface area contributed by atoms with E-state index < -0.39 is 0 Å². The van der Waals surface area contributed by atoms with Crippen LogP contribution in [0, 0.1) is 0 Å². The van der Waals surface area contributed by atoms with Crippen LogP contribution in [0.2, 0.25) is 0 Å². The lowest BCUT2D eigenvalue weighted by Gasteiger charge is -2.12. The topological polar surface area (TPSA) is 55.1 Å². The maximum absolute atomic E-state index is 11.8. The molecule has 0 aromatic carbocycles. The molecule has 0 bridgehead atoms. The number of hydrogen-bond acceptors (Lipinski definition) is 3. The monoisotopic (exact) mass is 230 g/mol. The van der Waals surface area contributed by atoms with Gasteiger partial charge in [-0.2, -0.15) is 0 Å². The zero-order valence-corrected chi connectivity index (χ0v) is 9.59. The van der Waals surface area contributed by atoms with E-state index in [1.807, 2.05) is 19.1 Å². The van der Waals surface area contributed by atoms with Gasteiger partial charge in [-0.05, 0) is 31.2 Å². The Bertz CT molecular complexity index is 465. The van der Waals surface area contributed by atoms with Gasteiger partial charge in [0.2, 0.25) is 0 Å². The number of aromatic nitrogens is 1. The fourth-order valence-electron chi connectivity index (χ4n) is 1.59. The van der Waals surface area contributed by atoms with Gasteiger partial charge in [0.15, 0.2) is 0 Å². The van der Waals surface area contributed by atoms with Gasteiger partial charge >= 0.3 is 0 Å². The third-order valence-electron chi connectivity index (χ3n) is 2.39.